The molecule has 0 saturated heterocycles. The fourth-order valence-electron chi connectivity index (χ4n) is 7.62. The van der Waals surface area contributed by atoms with E-state index in [1.54, 1.807) is 0 Å². The molecule has 0 fully saturated rings. The SMILES string of the molecule is CC/C=C\C/C=C\C/C=C\C/C=C\C/C=C\C/C=C\CCCCCCCCC(=O)OCC(COC(=O)CCCCCCC/C=C\CCCC)OC(=O)CCCCCCCCC/C=C\C/C=C\C/C=C\CC. The normalized spacial score (nSPS) is 13.0. The van der Waals surface area contributed by atoms with Crippen molar-refractivity contribution in [1.29, 1.82) is 0 Å². The second kappa shape index (κ2) is 58.4. The topological polar surface area (TPSA) is 78.9 Å². The van der Waals surface area contributed by atoms with Gasteiger partial charge in [0, 0.05) is 19.3 Å². The van der Waals surface area contributed by atoms with E-state index < -0.39 is 6.10 Å². The predicted octanol–water partition coefficient (Wildman–Crippen LogP) is 19.6. The first-order chi connectivity index (χ1) is 35.0. The van der Waals surface area contributed by atoms with Gasteiger partial charge < -0.3 is 14.2 Å². The summed E-state index contributed by atoms with van der Waals surface area (Å²) in [7, 11) is 0. The van der Waals surface area contributed by atoms with E-state index in [0.29, 0.717) is 19.3 Å². The molecule has 0 aliphatic carbocycles. The highest BCUT2D eigenvalue weighted by molar-refractivity contribution is 5.71. The summed E-state index contributed by atoms with van der Waals surface area (Å²) in [5.74, 6) is -0.930. The Hall–Kier alpha value is -4.19. The molecule has 0 spiro atoms. The molecule has 0 amide bonds. The number of hydrogen-bond donors (Lipinski definition) is 0. The average molecular weight is 984 g/mol. The van der Waals surface area contributed by atoms with Crippen molar-refractivity contribution in [1.82, 2.24) is 0 Å². The van der Waals surface area contributed by atoms with Crippen LogP contribution in [-0.4, -0.2) is 37.2 Å². The van der Waals surface area contributed by atoms with Gasteiger partial charge in [-0.3, -0.25) is 14.4 Å². The molecule has 0 aromatic heterocycles. The molecule has 0 aromatic rings. The lowest BCUT2D eigenvalue weighted by Gasteiger charge is -2.18. The molecule has 0 aliphatic heterocycles. The maximum atomic E-state index is 12.8. The highest BCUT2D eigenvalue weighted by Gasteiger charge is 2.19. The second-order valence-electron chi connectivity index (χ2n) is 18.8. The lowest BCUT2D eigenvalue weighted by atomic mass is 10.1. The van der Waals surface area contributed by atoms with Crippen LogP contribution in [-0.2, 0) is 28.6 Å². The summed E-state index contributed by atoms with van der Waals surface area (Å²) in [5, 5.41) is 0. The summed E-state index contributed by atoms with van der Waals surface area (Å²) in [6.07, 6.45) is 80.5. The van der Waals surface area contributed by atoms with Gasteiger partial charge in [-0.2, -0.15) is 0 Å². The molecule has 0 heterocycles. The van der Waals surface area contributed by atoms with E-state index in [1.807, 2.05) is 0 Å². The van der Waals surface area contributed by atoms with Crippen molar-refractivity contribution < 1.29 is 28.6 Å². The third-order valence-corrected chi connectivity index (χ3v) is 11.9. The summed E-state index contributed by atoms with van der Waals surface area (Å²) in [6, 6.07) is 0. The minimum absolute atomic E-state index is 0.0939. The molecule has 1 atom stereocenters. The molecule has 1 unspecified atom stereocenters. The molecule has 0 N–H and O–H groups in total. The van der Waals surface area contributed by atoms with Gasteiger partial charge in [-0.25, -0.2) is 0 Å². The minimum Gasteiger partial charge on any atom is -0.462 e. The van der Waals surface area contributed by atoms with E-state index >= 15 is 0 Å². The van der Waals surface area contributed by atoms with Crippen LogP contribution in [0.15, 0.2) is 122 Å². The molecule has 0 saturated carbocycles. The molecular formula is C65H106O6. The first-order valence-electron chi connectivity index (χ1n) is 29.0. The number of unbranched alkanes of at least 4 members (excludes halogenated alkanes) is 20. The van der Waals surface area contributed by atoms with Gasteiger partial charge in [-0.15, -0.1) is 0 Å². The Bertz CT molecular complexity index is 1500. The number of carbonyl (C=O) groups is 3. The fourth-order valence-corrected chi connectivity index (χ4v) is 7.62. The number of rotatable bonds is 51. The van der Waals surface area contributed by atoms with Crippen LogP contribution < -0.4 is 0 Å². The molecule has 6 heteroatoms. The zero-order chi connectivity index (χ0) is 51.4. The Morgan fingerprint density at radius 1 is 0.296 bits per heavy atom. The molecule has 71 heavy (non-hydrogen) atoms. The van der Waals surface area contributed by atoms with Gasteiger partial charge in [0.1, 0.15) is 13.2 Å². The smallest absolute Gasteiger partial charge is 0.306 e. The highest BCUT2D eigenvalue weighted by atomic mass is 16.6. The van der Waals surface area contributed by atoms with Crippen molar-refractivity contribution >= 4 is 17.9 Å². The van der Waals surface area contributed by atoms with Crippen LogP contribution >= 0.6 is 0 Å². The third kappa shape index (κ3) is 56.6. The van der Waals surface area contributed by atoms with Crippen LogP contribution in [0, 0.1) is 0 Å². The summed E-state index contributed by atoms with van der Waals surface area (Å²) < 4.78 is 16.8. The fraction of sp³-hybridized carbons (Fsp3) is 0.646. The minimum atomic E-state index is -0.796. The molecule has 0 radical (unpaired) electrons. The third-order valence-electron chi connectivity index (χ3n) is 11.9. The van der Waals surface area contributed by atoms with E-state index in [9.17, 15) is 14.4 Å². The van der Waals surface area contributed by atoms with Crippen LogP contribution in [0.3, 0.4) is 0 Å². The van der Waals surface area contributed by atoms with Gasteiger partial charge in [0.25, 0.3) is 0 Å². The quantitative estimate of drug-likeness (QED) is 0.0261. The number of allylic oxidation sites excluding steroid dienone is 20. The monoisotopic (exact) mass is 983 g/mol. The lowest BCUT2D eigenvalue weighted by Crippen LogP contribution is -2.30. The molecule has 402 valence electrons. The van der Waals surface area contributed by atoms with Gasteiger partial charge in [-0.1, -0.05) is 232 Å². The first-order valence-corrected chi connectivity index (χ1v) is 29.0. The molecular weight excluding hydrogens is 877 g/mol. The van der Waals surface area contributed by atoms with Crippen molar-refractivity contribution in [2.45, 2.75) is 258 Å². The van der Waals surface area contributed by atoms with Crippen molar-refractivity contribution in [2.75, 3.05) is 13.2 Å². The summed E-state index contributed by atoms with van der Waals surface area (Å²) in [5.41, 5.74) is 0. The van der Waals surface area contributed by atoms with E-state index in [0.717, 1.165) is 148 Å². The van der Waals surface area contributed by atoms with E-state index in [1.165, 1.54) is 64.2 Å². The van der Waals surface area contributed by atoms with Crippen LogP contribution in [0.25, 0.3) is 0 Å². The van der Waals surface area contributed by atoms with E-state index in [2.05, 4.69) is 142 Å². The number of esters is 3. The zero-order valence-corrected chi connectivity index (χ0v) is 45.9. The predicted molar refractivity (Wildman–Crippen MR) is 306 cm³/mol. The van der Waals surface area contributed by atoms with E-state index in [4.69, 9.17) is 14.2 Å². The number of ether oxygens (including phenoxy) is 3. The summed E-state index contributed by atoms with van der Waals surface area (Å²) in [6.45, 7) is 6.34. The van der Waals surface area contributed by atoms with Gasteiger partial charge in [-0.05, 0) is 122 Å². The van der Waals surface area contributed by atoms with E-state index in [-0.39, 0.29) is 31.1 Å². The summed E-state index contributed by atoms with van der Waals surface area (Å²) >= 11 is 0. The van der Waals surface area contributed by atoms with Gasteiger partial charge in [0.05, 0.1) is 0 Å². The molecule has 6 nitrogen and oxygen atoms in total. The number of carbonyl (C=O) groups excluding carboxylic acids is 3. The lowest BCUT2D eigenvalue weighted by molar-refractivity contribution is -0.167. The van der Waals surface area contributed by atoms with Gasteiger partial charge in [0.2, 0.25) is 0 Å². The Morgan fingerprint density at radius 3 is 0.873 bits per heavy atom. The average Bonchev–Trinajstić information content (AvgIpc) is 3.37. The largest absolute Gasteiger partial charge is 0.462 e. The van der Waals surface area contributed by atoms with Crippen molar-refractivity contribution in [2.24, 2.45) is 0 Å². The van der Waals surface area contributed by atoms with Crippen LogP contribution in [0.4, 0.5) is 0 Å². The van der Waals surface area contributed by atoms with Gasteiger partial charge >= 0.3 is 17.9 Å². The Kier molecular flexibility index (Phi) is 54.9. The molecule has 0 aliphatic rings. The maximum absolute atomic E-state index is 12.8. The standard InChI is InChI=1S/C65H106O6/c1-4-7-10-13-16-19-22-24-26-28-29-30-31-32-33-34-35-37-38-40-43-46-49-52-55-58-64(67)70-61-62(60-69-63(66)57-54-51-48-45-42-21-18-15-12-9-6-3)71-65(68)59-56-53-50-47-44-41-39-36-27-25-23-20-17-14-11-8-5-2/h7-8,10-11,15-20,24-27,29-30,32-33,35,37,62H,4-6,9,12-14,21-23,28,31,34,36,38-61H2,1-3H3/b10-7-,11-8-,18-15-,19-16-,20-17-,26-24-,27-25-,30-29-,33-32-,37-35-. The highest BCUT2D eigenvalue weighted by Crippen LogP contribution is 2.14. The number of hydrogen-bond acceptors (Lipinski definition) is 6. The Morgan fingerprint density at radius 2 is 0.549 bits per heavy atom. The molecule has 0 aromatic carbocycles. The van der Waals surface area contributed by atoms with Crippen molar-refractivity contribution in [3.8, 4) is 0 Å². The Labute approximate surface area is 437 Å². The van der Waals surface area contributed by atoms with Crippen LogP contribution in [0.2, 0.25) is 0 Å². The van der Waals surface area contributed by atoms with Crippen LogP contribution in [0.5, 0.6) is 0 Å². The van der Waals surface area contributed by atoms with Crippen LogP contribution in [0.1, 0.15) is 252 Å². The maximum Gasteiger partial charge on any atom is 0.306 e. The van der Waals surface area contributed by atoms with Gasteiger partial charge in [0.15, 0.2) is 6.10 Å². The second-order valence-corrected chi connectivity index (χ2v) is 18.8. The zero-order valence-electron chi connectivity index (χ0n) is 45.9. The molecule has 0 rings (SSSR count). The molecule has 0 bridgehead atoms. The van der Waals surface area contributed by atoms with Crippen molar-refractivity contribution in [3.63, 3.8) is 0 Å². The summed E-state index contributed by atoms with van der Waals surface area (Å²) in [4.78, 5) is 38.1. The Balaban J connectivity index is 4.37. The first kappa shape index (κ1) is 66.8. The van der Waals surface area contributed by atoms with Crippen molar-refractivity contribution in [3.05, 3.63) is 122 Å².